The molecule has 1 aliphatic heterocycles. The molecule has 0 spiro atoms. The first-order valence-electron chi connectivity index (χ1n) is 9.94. The minimum Gasteiger partial charge on any atom is -0.497 e. The number of benzene rings is 2. The van der Waals surface area contributed by atoms with Crippen molar-refractivity contribution in [2.75, 3.05) is 48.4 Å². The number of nitrogens with zero attached hydrogens (tertiary/aromatic N) is 4. The summed E-state index contributed by atoms with van der Waals surface area (Å²) in [5.74, 6) is 3.47. The van der Waals surface area contributed by atoms with E-state index in [-0.39, 0.29) is 0 Å². The summed E-state index contributed by atoms with van der Waals surface area (Å²) in [5, 5.41) is 3.44. The van der Waals surface area contributed by atoms with Gasteiger partial charge in [0.15, 0.2) is 0 Å². The Morgan fingerprint density at radius 2 is 1.55 bits per heavy atom. The van der Waals surface area contributed by atoms with Gasteiger partial charge in [-0.3, -0.25) is 0 Å². The van der Waals surface area contributed by atoms with E-state index in [4.69, 9.17) is 4.74 Å². The second kappa shape index (κ2) is 8.39. The first kappa shape index (κ1) is 19.1. The molecule has 1 aliphatic rings. The summed E-state index contributed by atoms with van der Waals surface area (Å²) in [6.07, 6.45) is 0. The fourth-order valence-electron chi connectivity index (χ4n) is 3.62. The topological polar surface area (TPSA) is 53.5 Å². The lowest BCUT2D eigenvalue weighted by Crippen LogP contribution is -2.46. The quantitative estimate of drug-likeness (QED) is 0.707. The van der Waals surface area contributed by atoms with E-state index in [9.17, 15) is 0 Å². The molecule has 1 N–H and O–H groups in total. The lowest BCUT2D eigenvalue weighted by Gasteiger charge is -2.37. The zero-order chi connectivity index (χ0) is 20.2. The number of aryl methyl sites for hydroxylation is 2. The van der Waals surface area contributed by atoms with E-state index in [1.54, 1.807) is 7.11 Å². The number of para-hydroxylation sites is 1. The molecular weight excluding hydrogens is 362 g/mol. The maximum Gasteiger partial charge on any atom is 0.136 e. The van der Waals surface area contributed by atoms with Crippen molar-refractivity contribution >= 4 is 23.0 Å². The molecule has 1 fully saturated rings. The molecule has 2 aromatic carbocycles. The Balaban J connectivity index is 1.45. The number of rotatable bonds is 5. The molecule has 2 heterocycles. The van der Waals surface area contributed by atoms with E-state index in [0.29, 0.717) is 0 Å². The van der Waals surface area contributed by atoms with Crippen molar-refractivity contribution in [1.29, 1.82) is 0 Å². The summed E-state index contributed by atoms with van der Waals surface area (Å²) in [5.41, 5.74) is 3.49. The molecule has 0 radical (unpaired) electrons. The lowest BCUT2D eigenvalue weighted by atomic mass is 10.2. The van der Waals surface area contributed by atoms with Crippen LogP contribution in [0.4, 0.5) is 23.0 Å². The summed E-state index contributed by atoms with van der Waals surface area (Å²) in [4.78, 5) is 14.0. The maximum absolute atomic E-state index is 5.26. The standard InChI is InChI=1S/C23H27N5O/c1-17-6-4-5-7-21(17)26-22-16-23(25-18(2)24-22)28-14-12-27(13-15-28)19-8-10-20(29-3)11-9-19/h4-11,16H,12-15H2,1-3H3,(H,24,25,26). The largest absolute Gasteiger partial charge is 0.497 e. The number of nitrogens with one attached hydrogen (secondary N) is 1. The smallest absolute Gasteiger partial charge is 0.136 e. The molecule has 0 bridgehead atoms. The van der Waals surface area contributed by atoms with Crippen molar-refractivity contribution in [3.63, 3.8) is 0 Å². The summed E-state index contributed by atoms with van der Waals surface area (Å²) in [7, 11) is 1.69. The van der Waals surface area contributed by atoms with Crippen molar-refractivity contribution in [3.05, 3.63) is 66.0 Å². The SMILES string of the molecule is COc1ccc(N2CCN(c3cc(Nc4ccccc4C)nc(C)n3)CC2)cc1. The molecule has 150 valence electrons. The molecule has 0 atom stereocenters. The van der Waals surface area contributed by atoms with Crippen LogP contribution in [0, 0.1) is 13.8 Å². The van der Waals surface area contributed by atoms with Crippen LogP contribution in [0.3, 0.4) is 0 Å². The minimum atomic E-state index is 0.774. The molecule has 6 heteroatoms. The molecule has 0 aliphatic carbocycles. The fourth-order valence-corrected chi connectivity index (χ4v) is 3.62. The predicted molar refractivity (Wildman–Crippen MR) is 119 cm³/mol. The van der Waals surface area contributed by atoms with Gasteiger partial charge < -0.3 is 19.9 Å². The van der Waals surface area contributed by atoms with Crippen LogP contribution in [0.1, 0.15) is 11.4 Å². The van der Waals surface area contributed by atoms with Crippen molar-refractivity contribution in [1.82, 2.24) is 9.97 Å². The summed E-state index contributed by atoms with van der Waals surface area (Å²) >= 11 is 0. The van der Waals surface area contributed by atoms with Crippen LogP contribution in [0.15, 0.2) is 54.6 Å². The van der Waals surface area contributed by atoms with Crippen LogP contribution in [0.5, 0.6) is 5.75 Å². The molecule has 29 heavy (non-hydrogen) atoms. The third-order valence-corrected chi connectivity index (χ3v) is 5.27. The van der Waals surface area contributed by atoms with Crippen molar-refractivity contribution < 1.29 is 4.74 Å². The predicted octanol–water partition coefficient (Wildman–Crippen LogP) is 4.17. The van der Waals surface area contributed by atoms with Gasteiger partial charge in [-0.25, -0.2) is 9.97 Å². The Bertz CT molecular complexity index is 965. The molecule has 4 rings (SSSR count). The number of ether oxygens (including phenoxy) is 1. The maximum atomic E-state index is 5.26. The molecular formula is C23H27N5O. The van der Waals surface area contributed by atoms with Gasteiger partial charge in [-0.05, 0) is 49.7 Å². The number of hydrogen-bond acceptors (Lipinski definition) is 6. The van der Waals surface area contributed by atoms with E-state index in [1.165, 1.54) is 11.3 Å². The van der Waals surface area contributed by atoms with Gasteiger partial charge in [-0.15, -0.1) is 0 Å². The van der Waals surface area contributed by atoms with E-state index < -0.39 is 0 Å². The van der Waals surface area contributed by atoms with Crippen LogP contribution < -0.4 is 19.9 Å². The molecule has 0 unspecified atom stereocenters. The monoisotopic (exact) mass is 389 g/mol. The Kier molecular flexibility index (Phi) is 5.51. The molecule has 3 aromatic rings. The van der Waals surface area contributed by atoms with Gasteiger partial charge in [0.05, 0.1) is 7.11 Å². The fraction of sp³-hybridized carbons (Fsp3) is 0.304. The van der Waals surface area contributed by atoms with Crippen molar-refractivity contribution in [3.8, 4) is 5.75 Å². The van der Waals surface area contributed by atoms with Gasteiger partial charge in [0.25, 0.3) is 0 Å². The Morgan fingerprint density at radius 3 is 2.24 bits per heavy atom. The first-order valence-corrected chi connectivity index (χ1v) is 9.94. The zero-order valence-corrected chi connectivity index (χ0v) is 17.2. The Hall–Kier alpha value is -3.28. The van der Waals surface area contributed by atoms with Crippen LogP contribution in [0.2, 0.25) is 0 Å². The summed E-state index contributed by atoms with van der Waals surface area (Å²) < 4.78 is 5.26. The highest BCUT2D eigenvalue weighted by Crippen LogP contribution is 2.25. The summed E-state index contributed by atoms with van der Waals surface area (Å²) in [6, 6.07) is 18.5. The van der Waals surface area contributed by atoms with Crippen LogP contribution in [0.25, 0.3) is 0 Å². The third-order valence-electron chi connectivity index (χ3n) is 5.27. The zero-order valence-electron chi connectivity index (χ0n) is 17.2. The Morgan fingerprint density at radius 1 is 0.862 bits per heavy atom. The van der Waals surface area contributed by atoms with Crippen LogP contribution in [-0.4, -0.2) is 43.3 Å². The first-order chi connectivity index (χ1) is 14.1. The van der Waals surface area contributed by atoms with Crippen LogP contribution >= 0.6 is 0 Å². The van der Waals surface area contributed by atoms with E-state index in [0.717, 1.165) is 55.1 Å². The third kappa shape index (κ3) is 4.42. The second-order valence-electron chi connectivity index (χ2n) is 7.27. The highest BCUT2D eigenvalue weighted by Gasteiger charge is 2.19. The molecule has 6 nitrogen and oxygen atoms in total. The molecule has 0 amide bonds. The molecule has 0 saturated carbocycles. The van der Waals surface area contributed by atoms with Crippen molar-refractivity contribution in [2.45, 2.75) is 13.8 Å². The van der Waals surface area contributed by atoms with Crippen LogP contribution in [-0.2, 0) is 0 Å². The second-order valence-corrected chi connectivity index (χ2v) is 7.27. The van der Waals surface area contributed by atoms with E-state index in [1.807, 2.05) is 37.3 Å². The average Bonchev–Trinajstić information content (AvgIpc) is 2.75. The van der Waals surface area contributed by atoms with Gasteiger partial charge in [-0.1, -0.05) is 18.2 Å². The number of hydrogen-bond donors (Lipinski definition) is 1. The summed E-state index contributed by atoms with van der Waals surface area (Å²) in [6.45, 7) is 7.79. The number of aromatic nitrogens is 2. The number of anilines is 4. The highest BCUT2D eigenvalue weighted by atomic mass is 16.5. The number of piperazine rings is 1. The van der Waals surface area contributed by atoms with Gasteiger partial charge in [0.1, 0.15) is 23.2 Å². The minimum absolute atomic E-state index is 0.774. The van der Waals surface area contributed by atoms with Crippen molar-refractivity contribution in [2.24, 2.45) is 0 Å². The van der Waals surface area contributed by atoms with Gasteiger partial charge in [-0.2, -0.15) is 0 Å². The normalized spacial score (nSPS) is 14.0. The molecule has 1 saturated heterocycles. The van der Waals surface area contributed by atoms with Gasteiger partial charge >= 0.3 is 0 Å². The van der Waals surface area contributed by atoms with Gasteiger partial charge in [0, 0.05) is 43.6 Å². The number of methoxy groups -OCH3 is 1. The van der Waals surface area contributed by atoms with Gasteiger partial charge in [0.2, 0.25) is 0 Å². The average molecular weight is 390 g/mol. The highest BCUT2D eigenvalue weighted by molar-refractivity contribution is 5.63. The molecule has 1 aromatic heterocycles. The Labute approximate surface area is 172 Å². The lowest BCUT2D eigenvalue weighted by molar-refractivity contribution is 0.415. The van der Waals surface area contributed by atoms with E-state index in [2.05, 4.69) is 56.3 Å². The van der Waals surface area contributed by atoms with E-state index >= 15 is 0 Å².